The first-order valence-corrected chi connectivity index (χ1v) is 9.01. The van der Waals surface area contributed by atoms with Crippen LogP contribution < -0.4 is 4.74 Å². The number of likely N-dealkylation sites (tertiary alicyclic amines) is 1. The van der Waals surface area contributed by atoms with Crippen molar-refractivity contribution in [3.8, 4) is 5.88 Å². The minimum atomic E-state index is -0.0625. The third-order valence-electron chi connectivity index (χ3n) is 4.65. The molecule has 0 aromatic carbocycles. The molecule has 1 saturated heterocycles. The van der Waals surface area contributed by atoms with Gasteiger partial charge in [-0.3, -0.25) is 4.79 Å². The number of amides is 1. The molecule has 1 aliphatic rings. The van der Waals surface area contributed by atoms with Crippen molar-refractivity contribution in [3.63, 3.8) is 0 Å². The van der Waals surface area contributed by atoms with Crippen molar-refractivity contribution in [1.82, 2.24) is 34.9 Å². The summed E-state index contributed by atoms with van der Waals surface area (Å²) >= 11 is 0. The number of piperidine rings is 1. The molecule has 0 unspecified atom stereocenters. The molecule has 1 amide bonds. The Morgan fingerprint density at radius 1 is 1.33 bits per heavy atom. The lowest BCUT2D eigenvalue weighted by molar-refractivity contribution is -0.134. The summed E-state index contributed by atoms with van der Waals surface area (Å²) in [6.07, 6.45) is 3.09. The molecule has 4 heterocycles. The smallest absolute Gasteiger partial charge is 0.260 e. The Morgan fingerprint density at radius 3 is 2.89 bits per heavy atom. The van der Waals surface area contributed by atoms with E-state index in [4.69, 9.17) is 9.26 Å². The molecule has 142 valence electrons. The van der Waals surface area contributed by atoms with Crippen molar-refractivity contribution in [1.29, 1.82) is 0 Å². The number of nitrogens with zero attached hydrogens (tertiary/aromatic N) is 7. The van der Waals surface area contributed by atoms with Gasteiger partial charge in [-0.1, -0.05) is 19.0 Å². The Balaban J connectivity index is 1.29. The van der Waals surface area contributed by atoms with Gasteiger partial charge < -0.3 is 14.2 Å². The van der Waals surface area contributed by atoms with E-state index in [0.29, 0.717) is 30.5 Å². The number of rotatable bonds is 5. The number of hydrogen-bond donors (Lipinski definition) is 0. The second kappa shape index (κ2) is 7.29. The molecule has 4 rings (SSSR count). The van der Waals surface area contributed by atoms with Gasteiger partial charge >= 0.3 is 0 Å². The zero-order chi connectivity index (χ0) is 18.8. The topological polar surface area (TPSA) is 112 Å². The maximum Gasteiger partial charge on any atom is 0.260 e. The molecule has 0 N–H and O–H groups in total. The number of aromatic nitrogens is 6. The van der Waals surface area contributed by atoms with E-state index in [1.165, 1.54) is 10.8 Å². The summed E-state index contributed by atoms with van der Waals surface area (Å²) < 4.78 is 12.4. The maximum absolute atomic E-state index is 12.4. The number of carbonyl (C=O) groups excluding carboxylic acids is 1. The van der Waals surface area contributed by atoms with Crippen molar-refractivity contribution in [2.45, 2.75) is 38.5 Å². The molecular formula is C17H21N7O3. The normalized spacial score (nSPS) is 15.6. The number of ether oxygens (including phenoxy) is 1. The van der Waals surface area contributed by atoms with E-state index in [1.807, 2.05) is 13.8 Å². The van der Waals surface area contributed by atoms with Crippen molar-refractivity contribution in [2.24, 2.45) is 0 Å². The quantitative estimate of drug-likeness (QED) is 0.662. The highest BCUT2D eigenvalue weighted by atomic mass is 16.5. The molecule has 1 fully saturated rings. The summed E-state index contributed by atoms with van der Waals surface area (Å²) in [6.45, 7) is 5.30. The standard InChI is InChI=1S/C17H21N7O3/c1-11(2)16-19-17(27-22-16)12-5-7-23(8-6-12)15(25)9-26-14-4-3-13-20-18-10-24(13)21-14/h3-4,10-12H,5-9H2,1-2H3. The zero-order valence-corrected chi connectivity index (χ0v) is 15.3. The summed E-state index contributed by atoms with van der Waals surface area (Å²) in [5.74, 6) is 2.15. The summed E-state index contributed by atoms with van der Waals surface area (Å²) in [6, 6.07) is 3.41. The summed E-state index contributed by atoms with van der Waals surface area (Å²) in [7, 11) is 0. The molecule has 0 saturated carbocycles. The Labute approximate surface area is 155 Å². The van der Waals surface area contributed by atoms with Gasteiger partial charge in [0.05, 0.1) is 0 Å². The molecule has 0 radical (unpaired) electrons. The fourth-order valence-electron chi connectivity index (χ4n) is 3.04. The van der Waals surface area contributed by atoms with Crippen molar-refractivity contribution < 1.29 is 14.1 Å². The molecule has 27 heavy (non-hydrogen) atoms. The average molecular weight is 371 g/mol. The molecule has 0 aliphatic carbocycles. The van der Waals surface area contributed by atoms with E-state index in [2.05, 4.69) is 25.4 Å². The van der Waals surface area contributed by atoms with Gasteiger partial charge in [0.15, 0.2) is 18.1 Å². The van der Waals surface area contributed by atoms with Gasteiger partial charge in [0, 0.05) is 31.0 Å². The van der Waals surface area contributed by atoms with Gasteiger partial charge in [-0.2, -0.15) is 9.50 Å². The van der Waals surface area contributed by atoms with Crippen LogP contribution in [0.1, 0.15) is 50.2 Å². The first-order chi connectivity index (χ1) is 13.1. The van der Waals surface area contributed by atoms with E-state index < -0.39 is 0 Å². The molecule has 1 aliphatic heterocycles. The Bertz CT molecular complexity index is 927. The third-order valence-corrected chi connectivity index (χ3v) is 4.65. The Morgan fingerprint density at radius 2 is 2.15 bits per heavy atom. The van der Waals surface area contributed by atoms with Crippen LogP contribution in [0.25, 0.3) is 5.65 Å². The zero-order valence-electron chi connectivity index (χ0n) is 15.3. The molecule has 0 spiro atoms. The van der Waals surface area contributed by atoms with Crippen LogP contribution in [0.2, 0.25) is 0 Å². The summed E-state index contributed by atoms with van der Waals surface area (Å²) in [4.78, 5) is 18.7. The van der Waals surface area contributed by atoms with E-state index in [9.17, 15) is 4.79 Å². The maximum atomic E-state index is 12.4. The minimum Gasteiger partial charge on any atom is -0.467 e. The SMILES string of the molecule is CC(C)c1noc(C2CCN(C(=O)COc3ccc4nncn4n3)CC2)n1. The van der Waals surface area contributed by atoms with Crippen LogP contribution in [0.3, 0.4) is 0 Å². The Hall–Kier alpha value is -3.04. The van der Waals surface area contributed by atoms with E-state index in [0.717, 1.165) is 18.7 Å². The van der Waals surface area contributed by atoms with E-state index in [-0.39, 0.29) is 24.3 Å². The molecule has 3 aromatic rings. The fraction of sp³-hybridized carbons (Fsp3) is 0.529. The van der Waals surface area contributed by atoms with Crippen LogP contribution in [-0.2, 0) is 4.79 Å². The average Bonchev–Trinajstić information content (AvgIpc) is 3.35. The lowest BCUT2D eigenvalue weighted by atomic mass is 9.96. The van der Waals surface area contributed by atoms with Gasteiger partial charge in [-0.15, -0.1) is 15.3 Å². The summed E-state index contributed by atoms with van der Waals surface area (Å²) in [5.41, 5.74) is 0.623. The predicted octanol–water partition coefficient (Wildman–Crippen LogP) is 1.42. The highest BCUT2D eigenvalue weighted by Gasteiger charge is 2.28. The van der Waals surface area contributed by atoms with Gasteiger partial charge in [0.1, 0.15) is 6.33 Å². The van der Waals surface area contributed by atoms with Crippen LogP contribution >= 0.6 is 0 Å². The van der Waals surface area contributed by atoms with Crippen molar-refractivity contribution in [2.75, 3.05) is 19.7 Å². The number of hydrogen-bond acceptors (Lipinski definition) is 8. The monoisotopic (exact) mass is 371 g/mol. The molecule has 10 heteroatoms. The fourth-order valence-corrected chi connectivity index (χ4v) is 3.04. The van der Waals surface area contributed by atoms with Crippen molar-refractivity contribution in [3.05, 3.63) is 30.2 Å². The van der Waals surface area contributed by atoms with Crippen LogP contribution in [0, 0.1) is 0 Å². The van der Waals surface area contributed by atoms with Crippen LogP contribution in [-0.4, -0.2) is 60.5 Å². The first kappa shape index (κ1) is 17.4. The van der Waals surface area contributed by atoms with Crippen LogP contribution in [0.15, 0.2) is 23.0 Å². The third kappa shape index (κ3) is 3.74. The van der Waals surface area contributed by atoms with E-state index >= 15 is 0 Å². The summed E-state index contributed by atoms with van der Waals surface area (Å²) in [5, 5.41) is 15.8. The largest absolute Gasteiger partial charge is 0.467 e. The molecular weight excluding hydrogens is 350 g/mol. The second-order valence-corrected chi connectivity index (χ2v) is 6.89. The minimum absolute atomic E-state index is 0.0522. The lowest BCUT2D eigenvalue weighted by Crippen LogP contribution is -2.40. The number of fused-ring (bicyclic) bond motifs is 1. The second-order valence-electron chi connectivity index (χ2n) is 6.89. The number of carbonyl (C=O) groups is 1. The Kier molecular flexibility index (Phi) is 4.69. The van der Waals surface area contributed by atoms with Gasteiger partial charge in [-0.25, -0.2) is 0 Å². The molecule has 10 nitrogen and oxygen atoms in total. The van der Waals surface area contributed by atoms with Crippen molar-refractivity contribution >= 4 is 11.6 Å². The predicted molar refractivity (Wildman–Crippen MR) is 93.2 cm³/mol. The van der Waals surface area contributed by atoms with Crippen LogP contribution in [0.4, 0.5) is 0 Å². The molecule has 3 aromatic heterocycles. The van der Waals surface area contributed by atoms with E-state index in [1.54, 1.807) is 17.0 Å². The highest BCUT2D eigenvalue weighted by Crippen LogP contribution is 2.27. The molecule has 0 bridgehead atoms. The van der Waals surface area contributed by atoms with Gasteiger partial charge in [0.25, 0.3) is 5.91 Å². The first-order valence-electron chi connectivity index (χ1n) is 9.01. The lowest BCUT2D eigenvalue weighted by Gasteiger charge is -2.30. The molecule has 0 atom stereocenters. The van der Waals surface area contributed by atoms with Crippen LogP contribution in [0.5, 0.6) is 5.88 Å². The van der Waals surface area contributed by atoms with Gasteiger partial charge in [-0.05, 0) is 18.9 Å². The highest BCUT2D eigenvalue weighted by molar-refractivity contribution is 5.77. The van der Waals surface area contributed by atoms with Gasteiger partial charge in [0.2, 0.25) is 11.8 Å².